The van der Waals surface area contributed by atoms with E-state index in [-0.39, 0.29) is 18.6 Å². The number of nitrogens with zero attached hydrogens (tertiary/aromatic N) is 2. The Kier molecular flexibility index (Phi) is 5.57. The van der Waals surface area contributed by atoms with Gasteiger partial charge in [-0.25, -0.2) is 0 Å². The van der Waals surface area contributed by atoms with Gasteiger partial charge in [-0.15, -0.1) is 0 Å². The van der Waals surface area contributed by atoms with Gasteiger partial charge in [-0.05, 0) is 6.54 Å². The highest BCUT2D eigenvalue weighted by atomic mass is 16.5. The SMILES string of the molecule is CCN1CCOC(CN2CCOCC2CC(=O)O)C1. The van der Waals surface area contributed by atoms with Gasteiger partial charge in [0.05, 0.1) is 32.3 Å². The van der Waals surface area contributed by atoms with Crippen molar-refractivity contribution in [1.29, 1.82) is 0 Å². The van der Waals surface area contributed by atoms with E-state index in [0.29, 0.717) is 13.2 Å². The van der Waals surface area contributed by atoms with Crippen LogP contribution in [0.5, 0.6) is 0 Å². The lowest BCUT2D eigenvalue weighted by Crippen LogP contribution is -2.53. The first-order valence-electron chi connectivity index (χ1n) is 7.06. The lowest BCUT2D eigenvalue weighted by Gasteiger charge is -2.39. The van der Waals surface area contributed by atoms with Gasteiger partial charge >= 0.3 is 5.97 Å². The van der Waals surface area contributed by atoms with Gasteiger partial charge in [-0.2, -0.15) is 0 Å². The summed E-state index contributed by atoms with van der Waals surface area (Å²) in [5.74, 6) is -0.764. The average molecular weight is 272 g/mol. The summed E-state index contributed by atoms with van der Waals surface area (Å²) in [6.07, 6.45) is 0.326. The van der Waals surface area contributed by atoms with Crippen LogP contribution in [0.4, 0.5) is 0 Å². The third-order valence-corrected chi connectivity index (χ3v) is 3.87. The standard InChI is InChI=1S/C13H24N2O4/c1-2-14-3-6-19-12(8-14)9-15-4-5-18-10-11(15)7-13(16)17/h11-12H,2-10H2,1H3,(H,16,17). The van der Waals surface area contributed by atoms with Crippen molar-refractivity contribution in [2.24, 2.45) is 0 Å². The van der Waals surface area contributed by atoms with Crippen LogP contribution in [0.2, 0.25) is 0 Å². The fourth-order valence-electron chi connectivity index (χ4n) is 2.76. The highest BCUT2D eigenvalue weighted by molar-refractivity contribution is 5.67. The lowest BCUT2D eigenvalue weighted by atomic mass is 10.1. The van der Waals surface area contributed by atoms with Gasteiger partial charge in [0.15, 0.2) is 0 Å². The molecule has 0 aromatic carbocycles. The number of ether oxygens (including phenoxy) is 2. The van der Waals surface area contributed by atoms with Gasteiger partial charge in [0.2, 0.25) is 0 Å². The van der Waals surface area contributed by atoms with Gasteiger partial charge in [-0.1, -0.05) is 6.92 Å². The molecule has 2 fully saturated rings. The van der Waals surface area contributed by atoms with Crippen LogP contribution in [0.15, 0.2) is 0 Å². The van der Waals surface area contributed by atoms with Crippen molar-refractivity contribution < 1.29 is 19.4 Å². The molecule has 2 aliphatic rings. The van der Waals surface area contributed by atoms with E-state index in [0.717, 1.165) is 39.3 Å². The maximum atomic E-state index is 10.9. The van der Waals surface area contributed by atoms with Gasteiger partial charge in [0, 0.05) is 32.2 Å². The number of carbonyl (C=O) groups is 1. The van der Waals surface area contributed by atoms with Crippen LogP contribution in [0.25, 0.3) is 0 Å². The van der Waals surface area contributed by atoms with Crippen molar-refractivity contribution >= 4 is 5.97 Å². The summed E-state index contributed by atoms with van der Waals surface area (Å²) >= 11 is 0. The zero-order valence-corrected chi connectivity index (χ0v) is 11.6. The van der Waals surface area contributed by atoms with Crippen LogP contribution < -0.4 is 0 Å². The molecule has 2 unspecified atom stereocenters. The smallest absolute Gasteiger partial charge is 0.305 e. The quantitative estimate of drug-likeness (QED) is 0.753. The molecule has 6 heteroatoms. The van der Waals surface area contributed by atoms with E-state index in [4.69, 9.17) is 14.6 Å². The summed E-state index contributed by atoms with van der Waals surface area (Å²) in [5.41, 5.74) is 0. The first-order valence-corrected chi connectivity index (χ1v) is 7.06. The zero-order valence-electron chi connectivity index (χ0n) is 11.6. The van der Waals surface area contributed by atoms with Crippen molar-refractivity contribution in [1.82, 2.24) is 9.80 Å². The third-order valence-electron chi connectivity index (χ3n) is 3.87. The summed E-state index contributed by atoms with van der Waals surface area (Å²) in [4.78, 5) is 15.5. The Morgan fingerprint density at radius 3 is 2.95 bits per heavy atom. The summed E-state index contributed by atoms with van der Waals surface area (Å²) in [6.45, 7) is 8.69. The second-order valence-corrected chi connectivity index (χ2v) is 5.21. The van der Waals surface area contributed by atoms with Crippen LogP contribution in [-0.2, 0) is 14.3 Å². The second kappa shape index (κ2) is 7.19. The molecule has 2 aliphatic heterocycles. The first-order chi connectivity index (χ1) is 9.19. The minimum absolute atomic E-state index is 0.0214. The topological polar surface area (TPSA) is 62.2 Å². The number of carboxylic acid groups (broad SMARTS) is 1. The number of carboxylic acids is 1. The highest BCUT2D eigenvalue weighted by Gasteiger charge is 2.29. The summed E-state index contributed by atoms with van der Waals surface area (Å²) in [7, 11) is 0. The molecule has 1 N–H and O–H groups in total. The minimum Gasteiger partial charge on any atom is -0.481 e. The van der Waals surface area contributed by atoms with Gasteiger partial charge in [0.1, 0.15) is 0 Å². The third kappa shape index (κ3) is 4.42. The summed E-state index contributed by atoms with van der Waals surface area (Å²) in [5, 5.41) is 8.95. The highest BCUT2D eigenvalue weighted by Crippen LogP contribution is 2.14. The van der Waals surface area contributed by atoms with Crippen LogP contribution in [-0.4, -0.2) is 85.6 Å². The molecule has 0 aliphatic carbocycles. The van der Waals surface area contributed by atoms with Crippen molar-refractivity contribution in [3.8, 4) is 0 Å². The first kappa shape index (κ1) is 14.7. The number of hydrogen-bond acceptors (Lipinski definition) is 5. The largest absolute Gasteiger partial charge is 0.481 e. The number of morpholine rings is 2. The van der Waals surface area contributed by atoms with Crippen LogP contribution in [0.1, 0.15) is 13.3 Å². The average Bonchev–Trinajstić information content (AvgIpc) is 2.41. The molecule has 110 valence electrons. The van der Waals surface area contributed by atoms with Crippen molar-refractivity contribution in [2.75, 3.05) is 52.5 Å². The molecule has 0 bridgehead atoms. The fraction of sp³-hybridized carbons (Fsp3) is 0.923. The molecule has 0 saturated carbocycles. The molecule has 2 saturated heterocycles. The summed E-state index contributed by atoms with van der Waals surface area (Å²) < 4.78 is 11.2. The minimum atomic E-state index is -0.764. The van der Waals surface area contributed by atoms with Crippen molar-refractivity contribution in [3.63, 3.8) is 0 Å². The predicted octanol–water partition coefficient (Wildman–Crippen LogP) is -0.117. The second-order valence-electron chi connectivity index (χ2n) is 5.21. The van der Waals surface area contributed by atoms with Crippen LogP contribution >= 0.6 is 0 Å². The van der Waals surface area contributed by atoms with Crippen molar-refractivity contribution in [2.45, 2.75) is 25.5 Å². The Morgan fingerprint density at radius 2 is 2.21 bits per heavy atom. The van der Waals surface area contributed by atoms with E-state index in [9.17, 15) is 4.79 Å². The molecule has 0 amide bonds. The van der Waals surface area contributed by atoms with E-state index in [1.165, 1.54) is 0 Å². The molecule has 0 aromatic heterocycles. The zero-order chi connectivity index (χ0) is 13.7. The maximum Gasteiger partial charge on any atom is 0.305 e. The van der Waals surface area contributed by atoms with Gasteiger partial charge in [-0.3, -0.25) is 14.6 Å². The number of aliphatic carboxylic acids is 1. The number of hydrogen-bond donors (Lipinski definition) is 1. The van der Waals surface area contributed by atoms with Gasteiger partial charge < -0.3 is 14.6 Å². The van der Waals surface area contributed by atoms with Gasteiger partial charge in [0.25, 0.3) is 0 Å². The number of rotatable bonds is 5. The van der Waals surface area contributed by atoms with Crippen LogP contribution in [0.3, 0.4) is 0 Å². The maximum absolute atomic E-state index is 10.9. The molecule has 2 atom stereocenters. The molecular weight excluding hydrogens is 248 g/mol. The molecule has 0 aromatic rings. The molecule has 2 rings (SSSR count). The molecule has 2 heterocycles. The van der Waals surface area contributed by atoms with E-state index in [1.807, 2.05) is 0 Å². The number of likely N-dealkylation sites (N-methyl/N-ethyl adjacent to an activating group) is 1. The lowest BCUT2D eigenvalue weighted by molar-refractivity contribution is -0.141. The van der Waals surface area contributed by atoms with E-state index >= 15 is 0 Å². The van der Waals surface area contributed by atoms with E-state index in [2.05, 4.69) is 16.7 Å². The molecule has 19 heavy (non-hydrogen) atoms. The fourth-order valence-corrected chi connectivity index (χ4v) is 2.76. The molecule has 0 radical (unpaired) electrons. The monoisotopic (exact) mass is 272 g/mol. The Labute approximate surface area is 114 Å². The Bertz CT molecular complexity index is 300. The van der Waals surface area contributed by atoms with Crippen LogP contribution in [0, 0.1) is 0 Å². The Hall–Kier alpha value is -0.690. The van der Waals surface area contributed by atoms with E-state index < -0.39 is 5.97 Å². The van der Waals surface area contributed by atoms with E-state index in [1.54, 1.807) is 0 Å². The normalized spacial score (nSPS) is 30.4. The predicted molar refractivity (Wildman–Crippen MR) is 70.3 cm³/mol. The molecule has 0 spiro atoms. The summed E-state index contributed by atoms with van der Waals surface area (Å²) in [6, 6.07) is -0.0214. The Morgan fingerprint density at radius 1 is 1.37 bits per heavy atom. The van der Waals surface area contributed by atoms with Crippen molar-refractivity contribution in [3.05, 3.63) is 0 Å². The molecular formula is C13H24N2O4. The Balaban J connectivity index is 1.86. The molecule has 6 nitrogen and oxygen atoms in total.